The summed E-state index contributed by atoms with van der Waals surface area (Å²) in [6, 6.07) is 5.41. The topological polar surface area (TPSA) is 84.3 Å². The fraction of sp³-hybridized carbons (Fsp3) is 0.481. The number of rotatable bonds is 7. The smallest absolute Gasteiger partial charge is 0.197 e. The predicted molar refractivity (Wildman–Crippen MR) is 146 cm³/mol. The summed E-state index contributed by atoms with van der Waals surface area (Å²) in [7, 11) is 4.44. The number of nitrogens with one attached hydrogen (secondary N) is 1. The highest BCUT2D eigenvalue weighted by atomic mass is 79.9. The molecular formula is C27H35BrFN3O5. The Morgan fingerprint density at radius 3 is 2.27 bits per heavy atom. The monoisotopic (exact) mass is 579 g/mol. The number of hydrogen-bond donors (Lipinski definition) is 1. The number of carbonyl (C=O) groups is 1. The molecule has 2 aromatic rings. The zero-order valence-corrected chi connectivity index (χ0v) is 23.9. The first-order chi connectivity index (χ1) is 17.1. The number of methoxy groups -OCH3 is 3. The highest BCUT2D eigenvalue weighted by Gasteiger charge is 2.34. The number of benzene rings is 2. The third kappa shape index (κ3) is 5.40. The largest absolute Gasteiger partial charge is 0.494 e. The van der Waals surface area contributed by atoms with Crippen molar-refractivity contribution in [3.63, 3.8) is 0 Å². The molecule has 0 aliphatic carbocycles. The van der Waals surface area contributed by atoms with Gasteiger partial charge in [-0.05, 0) is 29.2 Å². The van der Waals surface area contributed by atoms with Crippen LogP contribution in [0.3, 0.4) is 0 Å². The first-order valence-corrected chi connectivity index (χ1v) is 12.0. The molecule has 1 N–H and O–H groups in total. The van der Waals surface area contributed by atoms with Gasteiger partial charge in [-0.3, -0.25) is 10.2 Å². The molecule has 0 spiro atoms. The van der Waals surface area contributed by atoms with E-state index in [1.807, 2.05) is 12.1 Å². The number of ether oxygens (including phenoxy) is 4. The second-order valence-corrected chi connectivity index (χ2v) is 10.0. The standard InChI is InChI=1S/C27H34FN3O5.BrH/c1-27(2,3)18-11-16(12-19(24(18)34-5)30-7-9-36-10-8-30)20(32)15-31-14-17-13-21(33-4)25(35-6)23(28)22(17)26(31)29;/h11-13,29H,7-10,14-15H2,1-6H3;1H. The number of nitrogens with zero attached hydrogens (tertiary/aromatic N) is 2. The maximum atomic E-state index is 15.1. The van der Waals surface area contributed by atoms with E-state index >= 15 is 4.39 Å². The van der Waals surface area contributed by atoms with Crippen molar-refractivity contribution in [2.24, 2.45) is 0 Å². The number of carbonyl (C=O) groups excluding carboxylic acids is 1. The lowest BCUT2D eigenvalue weighted by Crippen LogP contribution is -2.37. The Kier molecular flexibility index (Phi) is 8.74. The van der Waals surface area contributed by atoms with Gasteiger partial charge in [-0.2, -0.15) is 0 Å². The number of anilines is 1. The van der Waals surface area contributed by atoms with E-state index in [2.05, 4.69) is 25.7 Å². The molecule has 8 nitrogen and oxygen atoms in total. The summed E-state index contributed by atoms with van der Waals surface area (Å²) in [6.07, 6.45) is 0. The van der Waals surface area contributed by atoms with Crippen LogP contribution in [0.1, 0.15) is 47.8 Å². The summed E-state index contributed by atoms with van der Waals surface area (Å²) >= 11 is 0. The minimum atomic E-state index is -0.652. The van der Waals surface area contributed by atoms with Gasteiger partial charge in [-0.15, -0.1) is 17.0 Å². The van der Waals surface area contributed by atoms with Crippen molar-refractivity contribution in [3.8, 4) is 17.2 Å². The molecular weight excluding hydrogens is 545 g/mol. The summed E-state index contributed by atoms with van der Waals surface area (Å²) < 4.78 is 36.9. The fourth-order valence-electron chi connectivity index (χ4n) is 4.81. The van der Waals surface area contributed by atoms with Gasteiger partial charge in [0.2, 0.25) is 0 Å². The molecule has 2 heterocycles. The highest BCUT2D eigenvalue weighted by Crippen LogP contribution is 2.41. The number of Topliss-reactive ketones (excluding diaryl/α,β-unsaturated/α-hetero) is 1. The van der Waals surface area contributed by atoms with Gasteiger partial charge in [0.25, 0.3) is 0 Å². The fourth-order valence-corrected chi connectivity index (χ4v) is 4.81. The van der Waals surface area contributed by atoms with E-state index in [0.717, 1.165) is 17.0 Å². The minimum absolute atomic E-state index is 0. The van der Waals surface area contributed by atoms with Crippen molar-refractivity contribution in [2.75, 3.05) is 59.1 Å². The molecule has 0 amide bonds. The zero-order chi connectivity index (χ0) is 26.2. The number of amidine groups is 1. The molecule has 0 aromatic heterocycles. The first-order valence-electron chi connectivity index (χ1n) is 12.0. The number of morpholine rings is 1. The third-order valence-corrected chi connectivity index (χ3v) is 6.70. The lowest BCUT2D eigenvalue weighted by atomic mass is 9.84. The maximum Gasteiger partial charge on any atom is 0.197 e. The van der Waals surface area contributed by atoms with E-state index in [1.165, 1.54) is 14.2 Å². The van der Waals surface area contributed by atoms with E-state index in [4.69, 9.17) is 24.4 Å². The molecule has 10 heteroatoms. The molecule has 0 radical (unpaired) electrons. The second-order valence-electron chi connectivity index (χ2n) is 10.0. The predicted octanol–water partition coefficient (Wildman–Crippen LogP) is 4.59. The van der Waals surface area contributed by atoms with Gasteiger partial charge >= 0.3 is 0 Å². The quantitative estimate of drug-likeness (QED) is 0.480. The summed E-state index contributed by atoms with van der Waals surface area (Å²) in [5, 5.41) is 8.59. The molecule has 0 unspecified atom stereocenters. The van der Waals surface area contributed by atoms with Crippen molar-refractivity contribution in [3.05, 3.63) is 46.3 Å². The molecule has 202 valence electrons. The van der Waals surface area contributed by atoms with Crippen LogP contribution in [0.5, 0.6) is 17.2 Å². The van der Waals surface area contributed by atoms with Gasteiger partial charge in [-0.1, -0.05) is 20.8 Å². The number of fused-ring (bicyclic) bond motifs is 1. The van der Waals surface area contributed by atoms with Crippen LogP contribution in [-0.2, 0) is 16.7 Å². The van der Waals surface area contributed by atoms with E-state index in [9.17, 15) is 4.79 Å². The Balaban J connectivity index is 0.00000380. The van der Waals surface area contributed by atoms with Crippen LogP contribution < -0.4 is 19.1 Å². The van der Waals surface area contributed by atoms with E-state index in [-0.39, 0.29) is 64.2 Å². The Morgan fingerprint density at radius 1 is 1.05 bits per heavy atom. The molecule has 1 saturated heterocycles. The Morgan fingerprint density at radius 2 is 1.70 bits per heavy atom. The average molecular weight is 580 g/mol. The van der Waals surface area contributed by atoms with Crippen LogP contribution in [0.15, 0.2) is 18.2 Å². The number of ketones is 1. The molecule has 2 aromatic carbocycles. The van der Waals surface area contributed by atoms with Crippen molar-refractivity contribution < 1.29 is 28.1 Å². The van der Waals surface area contributed by atoms with Gasteiger partial charge in [0, 0.05) is 30.8 Å². The molecule has 0 atom stereocenters. The zero-order valence-electron chi connectivity index (χ0n) is 22.2. The van der Waals surface area contributed by atoms with Crippen LogP contribution in [0.4, 0.5) is 10.1 Å². The number of hydrogen-bond acceptors (Lipinski definition) is 7. The van der Waals surface area contributed by atoms with E-state index < -0.39 is 5.82 Å². The molecule has 1 fully saturated rings. The van der Waals surface area contributed by atoms with E-state index in [0.29, 0.717) is 37.4 Å². The Labute approximate surface area is 227 Å². The van der Waals surface area contributed by atoms with Crippen LogP contribution in [0.2, 0.25) is 0 Å². The Bertz CT molecular complexity index is 1190. The van der Waals surface area contributed by atoms with Gasteiger partial charge in [0.15, 0.2) is 23.1 Å². The summed E-state index contributed by atoms with van der Waals surface area (Å²) in [4.78, 5) is 17.3. The Hall–Kier alpha value is -2.85. The lowest BCUT2D eigenvalue weighted by Gasteiger charge is -2.33. The molecule has 0 saturated carbocycles. The SMILES string of the molecule is Br.COc1cc2c(c(F)c1OC)C(=N)N(CC(=O)c1cc(N3CCOCC3)c(OC)c(C(C)(C)C)c1)C2. The summed E-state index contributed by atoms with van der Waals surface area (Å²) in [5.41, 5.74) is 2.77. The second kappa shape index (κ2) is 11.3. The van der Waals surface area contributed by atoms with Crippen LogP contribution in [0, 0.1) is 11.2 Å². The minimum Gasteiger partial charge on any atom is -0.494 e. The van der Waals surface area contributed by atoms with Gasteiger partial charge in [0.05, 0.1) is 52.3 Å². The van der Waals surface area contributed by atoms with Crippen molar-refractivity contribution in [1.29, 1.82) is 5.41 Å². The number of halogens is 2. The maximum absolute atomic E-state index is 15.1. The van der Waals surface area contributed by atoms with Gasteiger partial charge in [0.1, 0.15) is 11.6 Å². The van der Waals surface area contributed by atoms with Crippen molar-refractivity contribution in [2.45, 2.75) is 32.7 Å². The van der Waals surface area contributed by atoms with Crippen molar-refractivity contribution in [1.82, 2.24) is 4.90 Å². The normalized spacial score (nSPS) is 15.3. The summed E-state index contributed by atoms with van der Waals surface area (Å²) in [6.45, 7) is 9.03. The summed E-state index contributed by atoms with van der Waals surface area (Å²) in [5.74, 6) is 0.109. The van der Waals surface area contributed by atoms with Gasteiger partial charge < -0.3 is 28.7 Å². The average Bonchev–Trinajstić information content (AvgIpc) is 3.17. The molecule has 2 aliphatic rings. The third-order valence-electron chi connectivity index (χ3n) is 6.70. The lowest BCUT2D eigenvalue weighted by molar-refractivity contribution is 0.0962. The highest BCUT2D eigenvalue weighted by molar-refractivity contribution is 8.93. The van der Waals surface area contributed by atoms with Crippen molar-refractivity contribution >= 4 is 34.3 Å². The molecule has 2 aliphatic heterocycles. The molecule has 37 heavy (non-hydrogen) atoms. The first kappa shape index (κ1) is 28.7. The van der Waals surface area contributed by atoms with Crippen LogP contribution >= 0.6 is 17.0 Å². The van der Waals surface area contributed by atoms with Crippen LogP contribution in [0.25, 0.3) is 0 Å². The van der Waals surface area contributed by atoms with Gasteiger partial charge in [-0.25, -0.2) is 4.39 Å². The van der Waals surface area contributed by atoms with E-state index in [1.54, 1.807) is 18.1 Å². The van der Waals surface area contributed by atoms with Crippen LogP contribution in [-0.4, -0.2) is 70.7 Å². The molecule has 0 bridgehead atoms. The molecule has 4 rings (SSSR count).